The van der Waals surface area contributed by atoms with Crippen LogP contribution in [0.15, 0.2) is 18.2 Å². The summed E-state index contributed by atoms with van der Waals surface area (Å²) < 4.78 is 78.0. The van der Waals surface area contributed by atoms with E-state index in [0.29, 0.717) is 11.5 Å². The van der Waals surface area contributed by atoms with E-state index in [2.05, 4.69) is 6.92 Å². The fraction of sp³-hybridized carbons (Fsp3) is 0.556. The zero-order chi connectivity index (χ0) is 17.9. The van der Waals surface area contributed by atoms with Crippen LogP contribution in [0.25, 0.3) is 5.83 Å². The number of hydrogen-bond acceptors (Lipinski definition) is 0. The number of rotatable bonds is 4. The Morgan fingerprint density at radius 3 is 2.08 bits per heavy atom. The molecule has 134 valence electrons. The third kappa shape index (κ3) is 4.77. The Kier molecular flexibility index (Phi) is 5.99. The summed E-state index contributed by atoms with van der Waals surface area (Å²) in [5.41, 5.74) is -0.862. The topological polar surface area (TPSA) is 0 Å². The molecule has 6 heteroatoms. The van der Waals surface area contributed by atoms with E-state index in [9.17, 15) is 26.3 Å². The van der Waals surface area contributed by atoms with Crippen molar-refractivity contribution in [3.8, 4) is 0 Å². The molecule has 1 aromatic rings. The van der Waals surface area contributed by atoms with Crippen LogP contribution in [-0.2, 0) is 0 Å². The molecule has 0 saturated heterocycles. The van der Waals surface area contributed by atoms with E-state index < -0.39 is 35.3 Å². The molecule has 0 spiro atoms. The summed E-state index contributed by atoms with van der Waals surface area (Å²) >= 11 is 0. The average Bonchev–Trinajstić information content (AvgIpc) is 2.45. The molecule has 1 saturated carbocycles. The van der Waals surface area contributed by atoms with E-state index in [1.165, 1.54) is 0 Å². The molecule has 0 heterocycles. The first-order valence-electron chi connectivity index (χ1n) is 8.15. The Morgan fingerprint density at radius 2 is 1.62 bits per heavy atom. The van der Waals surface area contributed by atoms with Crippen molar-refractivity contribution < 1.29 is 26.3 Å². The minimum absolute atomic E-state index is 0.0363. The van der Waals surface area contributed by atoms with E-state index in [1.807, 2.05) is 0 Å². The van der Waals surface area contributed by atoms with Gasteiger partial charge in [0, 0.05) is 0 Å². The second-order valence-electron chi connectivity index (χ2n) is 6.40. The van der Waals surface area contributed by atoms with E-state index in [4.69, 9.17) is 0 Å². The third-order valence-electron chi connectivity index (χ3n) is 4.61. The van der Waals surface area contributed by atoms with Crippen LogP contribution in [-0.4, -0.2) is 6.18 Å². The van der Waals surface area contributed by atoms with Crippen molar-refractivity contribution in [2.24, 2.45) is 5.92 Å². The van der Waals surface area contributed by atoms with Gasteiger partial charge >= 0.3 is 6.18 Å². The van der Waals surface area contributed by atoms with Crippen LogP contribution in [0, 0.1) is 17.6 Å². The summed E-state index contributed by atoms with van der Waals surface area (Å²) in [6.45, 7) is 2.11. The van der Waals surface area contributed by atoms with Crippen molar-refractivity contribution >= 4 is 5.83 Å². The van der Waals surface area contributed by atoms with Crippen molar-refractivity contribution in [1.29, 1.82) is 0 Å². The smallest absolute Gasteiger partial charge is 0.206 e. The Bertz CT molecular complexity index is 571. The summed E-state index contributed by atoms with van der Waals surface area (Å²) in [5, 5.41) is 0. The van der Waals surface area contributed by atoms with Crippen molar-refractivity contribution in [3.05, 3.63) is 41.0 Å². The molecular weight excluding hydrogens is 330 g/mol. The molecule has 0 aromatic heterocycles. The van der Waals surface area contributed by atoms with Gasteiger partial charge in [-0.25, -0.2) is 13.2 Å². The molecule has 2 rings (SSSR count). The maximum absolute atomic E-state index is 14.0. The highest BCUT2D eigenvalue weighted by molar-refractivity contribution is 5.61. The molecule has 0 amide bonds. The first-order valence-corrected chi connectivity index (χ1v) is 8.15. The largest absolute Gasteiger partial charge is 0.412 e. The van der Waals surface area contributed by atoms with Crippen molar-refractivity contribution in [2.45, 2.75) is 57.5 Å². The van der Waals surface area contributed by atoms with Gasteiger partial charge in [0.2, 0.25) is 0 Å². The predicted molar refractivity (Wildman–Crippen MR) is 81.1 cm³/mol. The highest BCUT2D eigenvalue weighted by Crippen LogP contribution is 2.39. The fourth-order valence-corrected chi connectivity index (χ4v) is 3.47. The molecule has 1 fully saturated rings. The van der Waals surface area contributed by atoms with Gasteiger partial charge < -0.3 is 0 Å². The quantitative estimate of drug-likeness (QED) is 0.518. The molecule has 1 aliphatic carbocycles. The number of allylic oxidation sites excluding steroid dienone is 1. The third-order valence-corrected chi connectivity index (χ3v) is 4.61. The van der Waals surface area contributed by atoms with Gasteiger partial charge in [0.05, 0.1) is 11.6 Å². The summed E-state index contributed by atoms with van der Waals surface area (Å²) in [6.07, 6.45) is 0.00848. The maximum Gasteiger partial charge on any atom is 0.412 e. The van der Waals surface area contributed by atoms with Crippen LogP contribution >= 0.6 is 0 Å². The molecule has 0 aliphatic heterocycles. The maximum atomic E-state index is 14.0. The predicted octanol–water partition coefficient (Wildman–Crippen LogP) is 6.91. The molecule has 0 unspecified atom stereocenters. The first-order chi connectivity index (χ1) is 11.2. The van der Waals surface area contributed by atoms with E-state index in [-0.39, 0.29) is 5.92 Å². The lowest BCUT2D eigenvalue weighted by Gasteiger charge is -2.28. The van der Waals surface area contributed by atoms with Gasteiger partial charge in [0.25, 0.3) is 0 Å². The van der Waals surface area contributed by atoms with E-state index in [1.54, 1.807) is 0 Å². The van der Waals surface area contributed by atoms with Crippen molar-refractivity contribution in [2.75, 3.05) is 0 Å². The number of halogens is 6. The number of alkyl halides is 3. The molecule has 0 radical (unpaired) electrons. The van der Waals surface area contributed by atoms with Crippen LogP contribution in [0.3, 0.4) is 0 Å². The number of benzene rings is 1. The second kappa shape index (κ2) is 7.62. The van der Waals surface area contributed by atoms with Gasteiger partial charge in [-0.1, -0.05) is 19.8 Å². The highest BCUT2D eigenvalue weighted by Gasteiger charge is 2.29. The molecule has 0 bridgehead atoms. The van der Waals surface area contributed by atoms with Gasteiger partial charge in [-0.3, -0.25) is 0 Å². The minimum atomic E-state index is -4.97. The van der Waals surface area contributed by atoms with Gasteiger partial charge in [-0.15, -0.1) is 0 Å². The molecule has 24 heavy (non-hydrogen) atoms. The Morgan fingerprint density at radius 1 is 1.08 bits per heavy atom. The van der Waals surface area contributed by atoms with Crippen molar-refractivity contribution in [3.63, 3.8) is 0 Å². The summed E-state index contributed by atoms with van der Waals surface area (Å²) in [7, 11) is 0. The Balaban J connectivity index is 2.20. The van der Waals surface area contributed by atoms with E-state index in [0.717, 1.165) is 50.7 Å². The van der Waals surface area contributed by atoms with Crippen molar-refractivity contribution in [1.82, 2.24) is 0 Å². The summed E-state index contributed by atoms with van der Waals surface area (Å²) in [5.74, 6) is -3.95. The molecular formula is C18H20F6. The summed E-state index contributed by atoms with van der Waals surface area (Å²) in [4.78, 5) is 0. The zero-order valence-electron chi connectivity index (χ0n) is 13.4. The number of hydrogen-bond donors (Lipinski definition) is 0. The lowest BCUT2D eigenvalue weighted by Crippen LogP contribution is -2.14. The standard InChI is InChI=1S/C18H20F6/c1-2-3-11-4-6-12(7-5-11)13-8-14(19)17(15(20)9-13)16(21)10-18(22,23)24/h8-12H,2-7H2,1H3. The SMILES string of the molecule is CCCC1CCC(c2cc(F)c(C(F)=CC(F)(F)F)c(F)c2)CC1. The lowest BCUT2D eigenvalue weighted by molar-refractivity contribution is -0.0798. The van der Waals surface area contributed by atoms with Crippen LogP contribution in [0.1, 0.15) is 62.5 Å². The van der Waals surface area contributed by atoms with Crippen LogP contribution in [0.2, 0.25) is 0 Å². The van der Waals surface area contributed by atoms with Gasteiger partial charge in [0.15, 0.2) is 0 Å². The highest BCUT2D eigenvalue weighted by atomic mass is 19.4. The Hall–Kier alpha value is -1.46. The first kappa shape index (κ1) is 18.9. The lowest BCUT2D eigenvalue weighted by atomic mass is 9.77. The van der Waals surface area contributed by atoms with Crippen LogP contribution in [0.5, 0.6) is 0 Å². The molecule has 0 nitrogen and oxygen atoms in total. The monoisotopic (exact) mass is 350 g/mol. The fourth-order valence-electron chi connectivity index (χ4n) is 3.47. The van der Waals surface area contributed by atoms with Gasteiger partial charge in [-0.2, -0.15) is 13.2 Å². The summed E-state index contributed by atoms with van der Waals surface area (Å²) in [6, 6.07) is 1.93. The zero-order valence-corrected chi connectivity index (χ0v) is 13.4. The minimum Gasteiger partial charge on any atom is -0.206 e. The molecule has 1 aromatic carbocycles. The molecule has 1 aliphatic rings. The van der Waals surface area contributed by atoms with Crippen LogP contribution < -0.4 is 0 Å². The normalized spacial score (nSPS) is 22.7. The Labute approximate surface area is 137 Å². The average molecular weight is 350 g/mol. The van der Waals surface area contributed by atoms with Gasteiger partial charge in [0.1, 0.15) is 17.5 Å². The van der Waals surface area contributed by atoms with Gasteiger partial charge in [-0.05, 0) is 55.2 Å². The second-order valence-corrected chi connectivity index (χ2v) is 6.40. The molecule has 0 N–H and O–H groups in total. The van der Waals surface area contributed by atoms with E-state index >= 15 is 0 Å². The van der Waals surface area contributed by atoms with Crippen LogP contribution in [0.4, 0.5) is 26.3 Å². The molecule has 0 atom stereocenters.